The van der Waals surface area contributed by atoms with Gasteiger partial charge in [0.25, 0.3) is 0 Å². The van der Waals surface area contributed by atoms with Crippen LogP contribution < -0.4 is 9.46 Å². The van der Waals surface area contributed by atoms with Crippen LogP contribution in [0.1, 0.15) is 20.8 Å². The Hall–Kier alpha value is -1.67. The highest BCUT2D eigenvalue weighted by Gasteiger charge is 2.35. The van der Waals surface area contributed by atoms with Crippen molar-refractivity contribution in [3.8, 4) is 5.75 Å². The van der Waals surface area contributed by atoms with Gasteiger partial charge in [-0.3, -0.25) is 4.79 Å². The van der Waals surface area contributed by atoms with Crippen molar-refractivity contribution in [3.05, 3.63) is 24.0 Å². The molecule has 0 aromatic heterocycles. The molecule has 2 N–H and O–H groups in total. The number of rotatable bonds is 5. The van der Waals surface area contributed by atoms with E-state index in [4.69, 9.17) is 9.84 Å². The maximum Gasteiger partial charge on any atom is 0.322 e. The van der Waals surface area contributed by atoms with E-state index in [-0.39, 0.29) is 10.6 Å². The molecule has 21 heavy (non-hydrogen) atoms. The van der Waals surface area contributed by atoms with E-state index in [1.165, 1.54) is 7.11 Å². The van der Waals surface area contributed by atoms with Gasteiger partial charge >= 0.3 is 5.97 Å². The van der Waals surface area contributed by atoms with Crippen LogP contribution in [0.15, 0.2) is 23.1 Å². The van der Waals surface area contributed by atoms with E-state index in [2.05, 4.69) is 4.72 Å². The van der Waals surface area contributed by atoms with Gasteiger partial charge < -0.3 is 9.84 Å². The summed E-state index contributed by atoms with van der Waals surface area (Å²) >= 11 is 0. The molecule has 0 aliphatic heterocycles. The molecule has 0 aliphatic rings. The lowest BCUT2D eigenvalue weighted by atomic mass is 9.88. The summed E-state index contributed by atoms with van der Waals surface area (Å²) < 4.78 is 44.7. The number of halogens is 1. The second-order valence-electron chi connectivity index (χ2n) is 5.55. The summed E-state index contributed by atoms with van der Waals surface area (Å²) in [5.41, 5.74) is -0.843. The summed E-state index contributed by atoms with van der Waals surface area (Å²) in [6.07, 6.45) is 0. The number of carboxylic acids is 1. The zero-order chi connectivity index (χ0) is 16.4. The molecular formula is C13H18FNO5S. The van der Waals surface area contributed by atoms with Gasteiger partial charge in [0.1, 0.15) is 6.04 Å². The van der Waals surface area contributed by atoms with E-state index >= 15 is 0 Å². The topological polar surface area (TPSA) is 92.7 Å². The molecule has 1 aromatic carbocycles. The molecule has 0 amide bonds. The van der Waals surface area contributed by atoms with Crippen molar-refractivity contribution >= 4 is 16.0 Å². The maximum atomic E-state index is 13.6. The Balaban J connectivity index is 3.17. The molecule has 1 aromatic rings. The van der Waals surface area contributed by atoms with Crippen molar-refractivity contribution in [1.29, 1.82) is 0 Å². The zero-order valence-corrected chi connectivity index (χ0v) is 13.0. The van der Waals surface area contributed by atoms with Crippen LogP contribution in [0.5, 0.6) is 5.75 Å². The molecule has 8 heteroatoms. The third-order valence-electron chi connectivity index (χ3n) is 2.82. The Morgan fingerprint density at radius 3 is 2.33 bits per heavy atom. The summed E-state index contributed by atoms with van der Waals surface area (Å²) in [5.74, 6) is -2.25. The molecule has 1 atom stereocenters. The van der Waals surface area contributed by atoms with Gasteiger partial charge in [0.2, 0.25) is 10.0 Å². The van der Waals surface area contributed by atoms with E-state index in [0.717, 1.165) is 18.2 Å². The average molecular weight is 319 g/mol. The number of hydrogen-bond acceptors (Lipinski definition) is 4. The van der Waals surface area contributed by atoms with Gasteiger partial charge in [-0.25, -0.2) is 12.8 Å². The lowest BCUT2D eigenvalue weighted by molar-refractivity contribution is -0.141. The van der Waals surface area contributed by atoms with Crippen LogP contribution in [-0.4, -0.2) is 32.6 Å². The Morgan fingerprint density at radius 1 is 1.38 bits per heavy atom. The summed E-state index contributed by atoms with van der Waals surface area (Å²) in [4.78, 5) is 10.8. The van der Waals surface area contributed by atoms with Crippen molar-refractivity contribution in [2.75, 3.05) is 7.11 Å². The first-order chi connectivity index (χ1) is 9.49. The minimum atomic E-state index is -4.16. The molecule has 118 valence electrons. The van der Waals surface area contributed by atoms with Crippen LogP contribution in [0.4, 0.5) is 4.39 Å². The van der Waals surface area contributed by atoms with Gasteiger partial charge in [-0.05, 0) is 23.6 Å². The first kappa shape index (κ1) is 17.4. The normalized spacial score (nSPS) is 13.8. The van der Waals surface area contributed by atoms with E-state index < -0.39 is 33.3 Å². The molecule has 0 radical (unpaired) electrons. The molecule has 0 fully saturated rings. The molecular weight excluding hydrogens is 301 g/mol. The lowest BCUT2D eigenvalue weighted by Gasteiger charge is -2.27. The predicted octanol–water partition coefficient (Wildman–Crippen LogP) is 1.61. The third-order valence-corrected chi connectivity index (χ3v) is 4.24. The Kier molecular flexibility index (Phi) is 4.95. The molecule has 0 saturated carbocycles. The molecule has 0 heterocycles. The van der Waals surface area contributed by atoms with Gasteiger partial charge in [-0.1, -0.05) is 20.8 Å². The molecule has 6 nitrogen and oxygen atoms in total. The van der Waals surface area contributed by atoms with E-state index in [1.54, 1.807) is 20.8 Å². The van der Waals surface area contributed by atoms with Crippen molar-refractivity contribution in [2.24, 2.45) is 5.41 Å². The highest BCUT2D eigenvalue weighted by atomic mass is 32.2. The second-order valence-corrected chi connectivity index (χ2v) is 7.27. The first-order valence-corrected chi connectivity index (χ1v) is 7.56. The molecule has 0 spiro atoms. The maximum absolute atomic E-state index is 13.6. The fourth-order valence-electron chi connectivity index (χ4n) is 1.64. The summed E-state index contributed by atoms with van der Waals surface area (Å²) in [5, 5.41) is 9.13. The molecule has 0 saturated heterocycles. The predicted molar refractivity (Wildman–Crippen MR) is 74.2 cm³/mol. The Bertz CT molecular complexity index is 636. The van der Waals surface area contributed by atoms with Crippen molar-refractivity contribution in [1.82, 2.24) is 4.72 Å². The number of sulfonamides is 1. The van der Waals surface area contributed by atoms with Crippen LogP contribution in [0, 0.1) is 11.2 Å². The number of benzene rings is 1. The summed E-state index contributed by atoms with van der Waals surface area (Å²) in [7, 11) is -2.91. The van der Waals surface area contributed by atoms with Gasteiger partial charge in [0, 0.05) is 0 Å². The van der Waals surface area contributed by atoms with Crippen LogP contribution in [0.2, 0.25) is 0 Å². The van der Waals surface area contributed by atoms with E-state index in [1.807, 2.05) is 0 Å². The largest absolute Gasteiger partial charge is 0.494 e. The van der Waals surface area contributed by atoms with Gasteiger partial charge in [-0.2, -0.15) is 4.72 Å². The molecule has 0 aliphatic carbocycles. The average Bonchev–Trinajstić information content (AvgIpc) is 2.34. The van der Waals surface area contributed by atoms with Crippen LogP contribution in [0.3, 0.4) is 0 Å². The number of carboxylic acid groups (broad SMARTS) is 1. The standard InChI is InChI=1S/C13H18FNO5S/c1-13(2,3)11(12(16)17)15-21(18,19)8-5-6-10(20-4)9(14)7-8/h5-7,11,15H,1-4H3,(H,16,17)/t11-/m1/s1. The van der Waals surface area contributed by atoms with Crippen molar-refractivity contribution < 1.29 is 27.4 Å². The molecule has 0 bridgehead atoms. The monoisotopic (exact) mass is 319 g/mol. The van der Waals surface area contributed by atoms with Crippen molar-refractivity contribution in [2.45, 2.75) is 31.7 Å². The van der Waals surface area contributed by atoms with Gasteiger partial charge in [0.15, 0.2) is 11.6 Å². The minimum Gasteiger partial charge on any atom is -0.494 e. The number of methoxy groups -OCH3 is 1. The van der Waals surface area contributed by atoms with E-state index in [0.29, 0.717) is 0 Å². The molecule has 1 rings (SSSR count). The Labute approximate surface area is 123 Å². The fraction of sp³-hybridized carbons (Fsp3) is 0.462. The SMILES string of the molecule is COc1ccc(S(=O)(=O)N[C@H](C(=O)O)C(C)(C)C)cc1F. The number of carbonyl (C=O) groups is 1. The van der Waals surface area contributed by atoms with Crippen LogP contribution in [-0.2, 0) is 14.8 Å². The summed E-state index contributed by atoms with van der Waals surface area (Å²) in [6.45, 7) is 4.76. The van der Waals surface area contributed by atoms with Crippen molar-refractivity contribution in [3.63, 3.8) is 0 Å². The number of hydrogen-bond donors (Lipinski definition) is 2. The zero-order valence-electron chi connectivity index (χ0n) is 12.2. The Morgan fingerprint density at radius 2 is 1.95 bits per heavy atom. The van der Waals surface area contributed by atoms with Gasteiger partial charge in [0.05, 0.1) is 12.0 Å². The lowest BCUT2D eigenvalue weighted by Crippen LogP contribution is -2.48. The van der Waals surface area contributed by atoms with Gasteiger partial charge in [-0.15, -0.1) is 0 Å². The molecule has 0 unspecified atom stereocenters. The van der Waals surface area contributed by atoms with E-state index in [9.17, 15) is 17.6 Å². The summed E-state index contributed by atoms with van der Waals surface area (Å²) in [6, 6.07) is 1.75. The van der Waals surface area contributed by atoms with Crippen LogP contribution in [0.25, 0.3) is 0 Å². The number of nitrogens with one attached hydrogen (secondary N) is 1. The second kappa shape index (κ2) is 5.98. The number of ether oxygens (including phenoxy) is 1. The van der Waals surface area contributed by atoms with Crippen LogP contribution >= 0.6 is 0 Å². The third kappa shape index (κ3) is 4.15. The first-order valence-electron chi connectivity index (χ1n) is 6.07. The quantitative estimate of drug-likeness (QED) is 0.860. The fourth-order valence-corrected chi connectivity index (χ4v) is 3.04. The number of aliphatic carboxylic acids is 1. The highest BCUT2D eigenvalue weighted by Crippen LogP contribution is 2.24. The highest BCUT2D eigenvalue weighted by molar-refractivity contribution is 7.89. The minimum absolute atomic E-state index is 0.0976. The smallest absolute Gasteiger partial charge is 0.322 e.